The normalized spacial score (nSPS) is 11.8. The zero-order valence-corrected chi connectivity index (χ0v) is 14.4. The fraction of sp³-hybridized carbons (Fsp3) is 0.412. The maximum Gasteiger partial charge on any atom is 0.319 e. The highest BCUT2D eigenvalue weighted by Gasteiger charge is 2.30. The molecule has 2 aromatic rings. The summed E-state index contributed by atoms with van der Waals surface area (Å²) in [5, 5.41) is 4.42. The van der Waals surface area contributed by atoms with Gasteiger partial charge in [0.05, 0.1) is 16.8 Å². The molecule has 1 aromatic heterocycles. The maximum atomic E-state index is 13.5. The van der Waals surface area contributed by atoms with Crippen molar-refractivity contribution in [2.24, 2.45) is 5.41 Å². The van der Waals surface area contributed by atoms with E-state index in [-0.39, 0.29) is 23.5 Å². The largest absolute Gasteiger partial charge is 0.407 e. The predicted octanol–water partition coefficient (Wildman–Crippen LogP) is 4.31. The van der Waals surface area contributed by atoms with Gasteiger partial charge in [0.25, 0.3) is 0 Å². The van der Waals surface area contributed by atoms with Gasteiger partial charge in [0.1, 0.15) is 5.82 Å². The van der Waals surface area contributed by atoms with E-state index in [9.17, 15) is 9.18 Å². The van der Waals surface area contributed by atoms with E-state index < -0.39 is 11.4 Å². The minimum absolute atomic E-state index is 0.136. The minimum atomic E-state index is -0.823. The highest BCUT2D eigenvalue weighted by molar-refractivity contribution is 6.19. The molecule has 4 nitrogen and oxygen atoms in total. The van der Waals surface area contributed by atoms with Crippen LogP contribution in [0.15, 0.2) is 30.3 Å². The third kappa shape index (κ3) is 3.91. The molecule has 0 spiro atoms. The molecule has 0 saturated heterocycles. The van der Waals surface area contributed by atoms with Crippen LogP contribution in [0.25, 0.3) is 5.69 Å². The Bertz CT molecular complexity index is 710. The van der Waals surface area contributed by atoms with Gasteiger partial charge in [0, 0.05) is 11.9 Å². The second kappa shape index (κ2) is 6.71. The molecule has 0 amide bonds. The lowest BCUT2D eigenvalue weighted by molar-refractivity contribution is -0.143. The van der Waals surface area contributed by atoms with E-state index in [0.29, 0.717) is 5.69 Å². The summed E-state index contributed by atoms with van der Waals surface area (Å²) in [5.41, 5.74) is 0.417. The van der Waals surface area contributed by atoms with Gasteiger partial charge >= 0.3 is 5.97 Å². The number of nitrogens with zero attached hydrogens (tertiary/aromatic N) is 2. The van der Waals surface area contributed by atoms with Gasteiger partial charge < -0.3 is 4.74 Å². The number of ether oxygens (including phenoxy) is 1. The van der Waals surface area contributed by atoms with E-state index in [1.54, 1.807) is 32.0 Å². The molecule has 0 bridgehead atoms. The van der Waals surface area contributed by atoms with Gasteiger partial charge in [-0.2, -0.15) is 5.10 Å². The first-order valence-electron chi connectivity index (χ1n) is 7.39. The lowest BCUT2D eigenvalue weighted by atomic mass is 9.97. The third-order valence-electron chi connectivity index (χ3n) is 3.42. The number of hydrogen-bond acceptors (Lipinski definition) is 3. The number of carbonyl (C=O) groups excluding carboxylic acids is 1. The van der Waals surface area contributed by atoms with Crippen LogP contribution < -0.4 is 4.74 Å². The molecule has 2 rings (SSSR count). The quantitative estimate of drug-likeness (QED) is 0.603. The first-order chi connectivity index (χ1) is 10.7. The maximum absolute atomic E-state index is 13.5. The lowest BCUT2D eigenvalue weighted by Crippen LogP contribution is -2.31. The number of benzene rings is 1. The Morgan fingerprint density at radius 3 is 2.65 bits per heavy atom. The lowest BCUT2D eigenvalue weighted by Gasteiger charge is -2.19. The molecule has 0 aliphatic rings. The molecule has 0 unspecified atom stereocenters. The number of alkyl halides is 1. The fourth-order valence-electron chi connectivity index (χ4n) is 1.82. The van der Waals surface area contributed by atoms with Crippen LogP contribution in [0.2, 0.25) is 0 Å². The van der Waals surface area contributed by atoms with Crippen LogP contribution in [0.1, 0.15) is 39.3 Å². The van der Waals surface area contributed by atoms with E-state index in [2.05, 4.69) is 5.10 Å². The summed E-state index contributed by atoms with van der Waals surface area (Å²) in [6.07, 6.45) is 0. The smallest absolute Gasteiger partial charge is 0.319 e. The molecule has 124 valence electrons. The highest BCUT2D eigenvalue weighted by Crippen LogP contribution is 2.27. The number of rotatable bonds is 5. The van der Waals surface area contributed by atoms with Crippen molar-refractivity contribution in [3.05, 3.63) is 41.8 Å². The monoisotopic (exact) mass is 338 g/mol. The van der Waals surface area contributed by atoms with Crippen LogP contribution in [-0.4, -0.2) is 21.6 Å². The summed E-state index contributed by atoms with van der Waals surface area (Å²) < 4.78 is 20.4. The zero-order valence-electron chi connectivity index (χ0n) is 13.6. The van der Waals surface area contributed by atoms with Crippen molar-refractivity contribution in [3.8, 4) is 11.6 Å². The summed E-state index contributed by atoms with van der Waals surface area (Å²) in [5.74, 6) is -0.314. The second-order valence-corrected chi connectivity index (χ2v) is 6.63. The molecule has 0 N–H and O–H groups in total. The molecular formula is C17H20ClFN2O2. The van der Waals surface area contributed by atoms with Crippen LogP contribution in [0, 0.1) is 11.2 Å². The summed E-state index contributed by atoms with van der Waals surface area (Å²) in [6, 6.07) is 7.65. The Labute approximate surface area is 140 Å². The van der Waals surface area contributed by atoms with E-state index in [4.69, 9.17) is 16.3 Å². The van der Waals surface area contributed by atoms with Gasteiger partial charge in [0.15, 0.2) is 0 Å². The molecule has 6 heteroatoms. The van der Waals surface area contributed by atoms with Crippen molar-refractivity contribution in [2.75, 3.05) is 5.88 Å². The van der Waals surface area contributed by atoms with Crippen molar-refractivity contribution < 1.29 is 13.9 Å². The Hall–Kier alpha value is -1.88. The molecule has 0 radical (unpaired) electrons. The molecule has 0 aliphatic heterocycles. The van der Waals surface area contributed by atoms with Crippen molar-refractivity contribution in [2.45, 2.75) is 33.6 Å². The predicted molar refractivity (Wildman–Crippen MR) is 87.7 cm³/mol. The Kier molecular flexibility index (Phi) is 5.09. The first-order valence-corrected chi connectivity index (χ1v) is 7.92. The summed E-state index contributed by atoms with van der Waals surface area (Å²) in [7, 11) is 0. The first kappa shape index (κ1) is 17.5. The Balaban J connectivity index is 2.44. The number of aromatic nitrogens is 2. The van der Waals surface area contributed by atoms with Gasteiger partial charge in [-0.05, 0) is 38.0 Å². The Morgan fingerprint density at radius 1 is 1.39 bits per heavy atom. The van der Waals surface area contributed by atoms with Crippen LogP contribution in [0.5, 0.6) is 5.88 Å². The van der Waals surface area contributed by atoms with E-state index in [1.165, 1.54) is 16.8 Å². The highest BCUT2D eigenvalue weighted by atomic mass is 35.5. The summed E-state index contributed by atoms with van der Waals surface area (Å²) in [4.78, 5) is 12.3. The SMILES string of the molecule is CC(C)c1cc(OC(=O)C(C)(C)CCl)n(-c2cccc(F)c2)n1. The fourth-order valence-corrected chi connectivity index (χ4v) is 1.93. The molecule has 1 heterocycles. The van der Waals surface area contributed by atoms with Crippen LogP contribution in [0.4, 0.5) is 4.39 Å². The van der Waals surface area contributed by atoms with Crippen LogP contribution >= 0.6 is 11.6 Å². The van der Waals surface area contributed by atoms with E-state index in [1.807, 2.05) is 13.8 Å². The Morgan fingerprint density at radius 2 is 2.09 bits per heavy atom. The molecule has 0 aliphatic carbocycles. The number of halogens is 2. The van der Waals surface area contributed by atoms with E-state index >= 15 is 0 Å². The van der Waals surface area contributed by atoms with Crippen molar-refractivity contribution >= 4 is 17.6 Å². The number of esters is 1. The van der Waals surface area contributed by atoms with Gasteiger partial charge in [-0.25, -0.2) is 9.07 Å². The van der Waals surface area contributed by atoms with Gasteiger partial charge in [-0.15, -0.1) is 11.6 Å². The third-order valence-corrected chi connectivity index (χ3v) is 4.09. The zero-order chi connectivity index (χ0) is 17.2. The topological polar surface area (TPSA) is 44.1 Å². The molecule has 0 fully saturated rings. The van der Waals surface area contributed by atoms with Gasteiger partial charge in [-0.3, -0.25) is 4.79 Å². The summed E-state index contributed by atoms with van der Waals surface area (Å²) >= 11 is 5.81. The molecule has 0 saturated carbocycles. The van der Waals surface area contributed by atoms with E-state index in [0.717, 1.165) is 5.69 Å². The van der Waals surface area contributed by atoms with Crippen LogP contribution in [-0.2, 0) is 4.79 Å². The van der Waals surface area contributed by atoms with Crippen molar-refractivity contribution in [1.29, 1.82) is 0 Å². The molecular weight excluding hydrogens is 319 g/mol. The van der Waals surface area contributed by atoms with Crippen LogP contribution in [0.3, 0.4) is 0 Å². The number of hydrogen-bond donors (Lipinski definition) is 0. The number of carbonyl (C=O) groups is 1. The van der Waals surface area contributed by atoms with Gasteiger partial charge in [0.2, 0.25) is 5.88 Å². The van der Waals surface area contributed by atoms with Gasteiger partial charge in [-0.1, -0.05) is 19.9 Å². The van der Waals surface area contributed by atoms with Crippen molar-refractivity contribution in [3.63, 3.8) is 0 Å². The second-order valence-electron chi connectivity index (χ2n) is 6.36. The molecule has 0 atom stereocenters. The standard InChI is InChI=1S/C17H20ClFN2O2/c1-11(2)14-9-15(23-16(22)17(3,4)10-18)21(20-14)13-7-5-6-12(19)8-13/h5-9,11H,10H2,1-4H3. The molecule has 23 heavy (non-hydrogen) atoms. The van der Waals surface area contributed by atoms with Crippen molar-refractivity contribution in [1.82, 2.24) is 9.78 Å². The average Bonchev–Trinajstić information content (AvgIpc) is 2.91. The minimum Gasteiger partial charge on any atom is -0.407 e. The molecule has 1 aromatic carbocycles. The summed E-state index contributed by atoms with van der Waals surface area (Å²) in [6.45, 7) is 7.36. The average molecular weight is 339 g/mol.